The summed E-state index contributed by atoms with van der Waals surface area (Å²) in [5.41, 5.74) is 0.995. The molecular weight excluding hydrogens is 365 g/mol. The Kier molecular flexibility index (Phi) is 5.03. The summed E-state index contributed by atoms with van der Waals surface area (Å²) in [6, 6.07) is 6.23. The van der Waals surface area contributed by atoms with Gasteiger partial charge in [0.05, 0.1) is 27.7 Å². The van der Waals surface area contributed by atoms with Crippen LogP contribution in [0.1, 0.15) is 20.7 Å². The maximum absolute atomic E-state index is 12.9. The molecule has 2 N–H and O–H groups in total. The second-order valence-electron chi connectivity index (χ2n) is 5.22. The standard InChI is InChI=1S/C17H13Cl2N3O3/c18-12-7-11(16(24)21-4-6-23)8-13(19)15(12)17(25)22-5-2-10-9-20-3-1-14(10)22/h1-3,5,7-9,23H,4,6H2,(H,21,24). The zero-order valence-corrected chi connectivity index (χ0v) is 14.4. The van der Waals surface area contributed by atoms with Crippen LogP contribution in [0.15, 0.2) is 42.9 Å². The number of fused-ring (bicyclic) bond motifs is 1. The van der Waals surface area contributed by atoms with E-state index in [2.05, 4.69) is 10.3 Å². The molecule has 25 heavy (non-hydrogen) atoms. The van der Waals surface area contributed by atoms with Gasteiger partial charge >= 0.3 is 0 Å². The Labute approximate surface area is 153 Å². The van der Waals surface area contributed by atoms with Gasteiger partial charge in [-0.1, -0.05) is 23.2 Å². The van der Waals surface area contributed by atoms with Crippen LogP contribution in [0.2, 0.25) is 10.0 Å². The van der Waals surface area contributed by atoms with Gasteiger partial charge in [-0.2, -0.15) is 0 Å². The van der Waals surface area contributed by atoms with E-state index in [-0.39, 0.29) is 34.3 Å². The quantitative estimate of drug-likeness (QED) is 0.731. The lowest BCUT2D eigenvalue weighted by molar-refractivity contribution is 0.0939. The van der Waals surface area contributed by atoms with Gasteiger partial charge in [0.15, 0.2) is 0 Å². The average molecular weight is 378 g/mol. The van der Waals surface area contributed by atoms with Gasteiger partial charge in [-0.15, -0.1) is 0 Å². The van der Waals surface area contributed by atoms with E-state index in [0.717, 1.165) is 5.39 Å². The maximum Gasteiger partial charge on any atom is 0.265 e. The van der Waals surface area contributed by atoms with Crippen molar-refractivity contribution in [2.45, 2.75) is 0 Å². The third kappa shape index (κ3) is 3.37. The lowest BCUT2D eigenvalue weighted by Gasteiger charge is -2.11. The molecule has 0 fully saturated rings. The van der Waals surface area contributed by atoms with Crippen LogP contribution in [0, 0.1) is 0 Å². The molecular formula is C17H13Cl2N3O3. The summed E-state index contributed by atoms with van der Waals surface area (Å²) in [5, 5.41) is 12.2. The van der Waals surface area contributed by atoms with Crippen LogP contribution in [-0.2, 0) is 0 Å². The molecule has 0 aliphatic carbocycles. The molecule has 2 heterocycles. The number of halogens is 2. The molecule has 3 aromatic rings. The minimum atomic E-state index is -0.436. The summed E-state index contributed by atoms with van der Waals surface area (Å²) in [7, 11) is 0. The average Bonchev–Trinajstić information content (AvgIpc) is 3.03. The van der Waals surface area contributed by atoms with E-state index >= 15 is 0 Å². The van der Waals surface area contributed by atoms with Crippen LogP contribution < -0.4 is 5.32 Å². The molecule has 3 rings (SSSR count). The van der Waals surface area contributed by atoms with E-state index in [1.165, 1.54) is 16.7 Å². The van der Waals surface area contributed by atoms with Gasteiger partial charge in [0.2, 0.25) is 0 Å². The third-order valence-electron chi connectivity index (χ3n) is 3.62. The highest BCUT2D eigenvalue weighted by atomic mass is 35.5. The van der Waals surface area contributed by atoms with E-state index in [0.29, 0.717) is 5.52 Å². The number of hydrogen-bond acceptors (Lipinski definition) is 4. The van der Waals surface area contributed by atoms with Crippen molar-refractivity contribution in [2.75, 3.05) is 13.2 Å². The molecule has 0 radical (unpaired) electrons. The molecule has 0 aliphatic heterocycles. The first-order valence-electron chi connectivity index (χ1n) is 7.37. The van der Waals surface area contributed by atoms with Crippen LogP contribution >= 0.6 is 23.2 Å². The Morgan fingerprint density at radius 3 is 2.60 bits per heavy atom. The zero-order chi connectivity index (χ0) is 18.0. The summed E-state index contributed by atoms with van der Waals surface area (Å²) in [4.78, 5) is 28.8. The molecule has 0 unspecified atom stereocenters. The van der Waals surface area contributed by atoms with E-state index < -0.39 is 11.8 Å². The minimum absolute atomic E-state index is 0.0718. The van der Waals surface area contributed by atoms with E-state index in [4.69, 9.17) is 28.3 Å². The molecule has 0 spiro atoms. The summed E-state index contributed by atoms with van der Waals surface area (Å²) in [5.74, 6) is -0.840. The van der Waals surface area contributed by atoms with Crippen molar-refractivity contribution in [2.24, 2.45) is 0 Å². The second-order valence-corrected chi connectivity index (χ2v) is 6.03. The van der Waals surface area contributed by atoms with Crippen LogP contribution in [0.5, 0.6) is 0 Å². The number of amides is 1. The fourth-order valence-electron chi connectivity index (χ4n) is 2.46. The number of carbonyl (C=O) groups excluding carboxylic acids is 2. The first-order valence-corrected chi connectivity index (χ1v) is 8.12. The number of rotatable bonds is 4. The predicted octanol–water partition coefficient (Wildman–Crippen LogP) is 2.75. The SMILES string of the molecule is O=C(NCCO)c1cc(Cl)c(C(=O)n2ccc3cnccc32)c(Cl)c1. The van der Waals surface area contributed by atoms with E-state index in [1.807, 2.05) is 0 Å². The fraction of sp³-hybridized carbons (Fsp3) is 0.118. The number of carbonyl (C=O) groups is 2. The molecule has 1 aromatic carbocycles. The fourth-order valence-corrected chi connectivity index (χ4v) is 3.11. The summed E-state index contributed by atoms with van der Waals surface area (Å²) < 4.78 is 1.43. The van der Waals surface area contributed by atoms with Gasteiger partial charge in [-0.05, 0) is 24.3 Å². The van der Waals surface area contributed by atoms with Crippen molar-refractivity contribution in [3.63, 3.8) is 0 Å². The monoisotopic (exact) mass is 377 g/mol. The smallest absolute Gasteiger partial charge is 0.265 e. The minimum Gasteiger partial charge on any atom is -0.395 e. The van der Waals surface area contributed by atoms with E-state index in [9.17, 15) is 9.59 Å². The second kappa shape index (κ2) is 7.23. The van der Waals surface area contributed by atoms with Gasteiger partial charge in [-0.3, -0.25) is 19.1 Å². The van der Waals surface area contributed by atoms with Gasteiger partial charge in [0.25, 0.3) is 11.8 Å². The Hall–Kier alpha value is -2.41. The predicted molar refractivity (Wildman–Crippen MR) is 95.3 cm³/mol. The summed E-state index contributed by atoms with van der Waals surface area (Å²) >= 11 is 12.4. The molecule has 8 heteroatoms. The van der Waals surface area contributed by atoms with Gasteiger partial charge in [-0.25, -0.2) is 0 Å². The number of aliphatic hydroxyl groups excluding tert-OH is 1. The van der Waals surface area contributed by atoms with Crippen molar-refractivity contribution in [3.05, 3.63) is 64.0 Å². The largest absolute Gasteiger partial charge is 0.395 e. The van der Waals surface area contributed by atoms with Crippen molar-refractivity contribution in [1.29, 1.82) is 0 Å². The highest BCUT2D eigenvalue weighted by molar-refractivity contribution is 6.40. The Morgan fingerprint density at radius 2 is 1.92 bits per heavy atom. The normalized spacial score (nSPS) is 10.8. The van der Waals surface area contributed by atoms with E-state index in [1.54, 1.807) is 30.7 Å². The molecule has 0 atom stereocenters. The van der Waals surface area contributed by atoms with Gasteiger partial charge < -0.3 is 10.4 Å². The molecule has 128 valence electrons. The lowest BCUT2D eigenvalue weighted by atomic mass is 10.1. The maximum atomic E-state index is 12.9. The molecule has 0 saturated heterocycles. The van der Waals surface area contributed by atoms with Gasteiger partial charge in [0, 0.05) is 36.1 Å². The topological polar surface area (TPSA) is 84.2 Å². The first-order chi connectivity index (χ1) is 12.0. The number of hydrogen-bond donors (Lipinski definition) is 2. The Morgan fingerprint density at radius 1 is 1.20 bits per heavy atom. The molecule has 0 bridgehead atoms. The van der Waals surface area contributed by atoms with Crippen molar-refractivity contribution < 1.29 is 14.7 Å². The third-order valence-corrected chi connectivity index (χ3v) is 4.22. The molecule has 6 nitrogen and oxygen atoms in total. The highest BCUT2D eigenvalue weighted by Gasteiger charge is 2.20. The number of aromatic nitrogens is 2. The van der Waals surface area contributed by atoms with Crippen LogP contribution in [0.3, 0.4) is 0 Å². The van der Waals surface area contributed by atoms with Crippen molar-refractivity contribution >= 4 is 45.9 Å². The highest BCUT2D eigenvalue weighted by Crippen LogP contribution is 2.29. The number of nitrogens with one attached hydrogen (secondary N) is 1. The van der Waals surface area contributed by atoms with Gasteiger partial charge in [0.1, 0.15) is 0 Å². The van der Waals surface area contributed by atoms with Crippen LogP contribution in [-0.4, -0.2) is 39.6 Å². The molecule has 1 amide bonds. The zero-order valence-electron chi connectivity index (χ0n) is 12.9. The Balaban J connectivity index is 2.00. The Bertz CT molecular complexity index is 946. The number of nitrogens with zero attached hydrogens (tertiary/aromatic N) is 2. The molecule has 2 aromatic heterocycles. The number of pyridine rings is 1. The molecule has 0 saturated carbocycles. The van der Waals surface area contributed by atoms with Crippen LogP contribution in [0.25, 0.3) is 10.9 Å². The van der Waals surface area contributed by atoms with Crippen LogP contribution in [0.4, 0.5) is 0 Å². The molecule has 0 aliphatic rings. The number of aliphatic hydroxyl groups is 1. The number of benzene rings is 1. The first kappa shape index (κ1) is 17.4. The van der Waals surface area contributed by atoms with Crippen molar-refractivity contribution in [3.8, 4) is 0 Å². The summed E-state index contributed by atoms with van der Waals surface area (Å²) in [6.07, 6.45) is 4.85. The van der Waals surface area contributed by atoms with Crippen molar-refractivity contribution in [1.82, 2.24) is 14.9 Å². The summed E-state index contributed by atoms with van der Waals surface area (Å²) in [6.45, 7) is -0.0719. The lowest BCUT2D eigenvalue weighted by Crippen LogP contribution is -2.26.